The Morgan fingerprint density at radius 2 is 1.86 bits per heavy atom. The average Bonchev–Trinajstić information content (AvgIpc) is 2.18. The molecule has 0 aliphatic carbocycles. The van der Waals surface area contributed by atoms with Crippen molar-refractivity contribution in [2.24, 2.45) is 0 Å². The van der Waals surface area contributed by atoms with E-state index in [2.05, 4.69) is 22.6 Å². The van der Waals surface area contributed by atoms with Crippen LogP contribution in [-0.2, 0) is 0 Å². The van der Waals surface area contributed by atoms with Crippen molar-refractivity contribution in [3.63, 3.8) is 0 Å². The third-order valence-corrected chi connectivity index (χ3v) is 3.44. The molecule has 0 bridgehead atoms. The Bertz CT molecular complexity index is 508. The minimum Gasteiger partial charge on any atom is -0.276 e. The number of benzene rings is 2. The quantitative estimate of drug-likeness (QED) is 0.577. The highest BCUT2D eigenvalue weighted by molar-refractivity contribution is 14.1. The predicted octanol–water partition coefficient (Wildman–Crippen LogP) is 3.82. The molecule has 70 valence electrons. The third-order valence-electron chi connectivity index (χ3n) is 2.08. The van der Waals surface area contributed by atoms with Crippen LogP contribution in [0.15, 0.2) is 36.4 Å². The van der Waals surface area contributed by atoms with Gasteiger partial charge in [0, 0.05) is 9.13 Å². The molecule has 0 heterocycles. The largest absolute Gasteiger partial charge is 0.276 e. The molecular weight excluding hydrogens is 310 g/mol. The van der Waals surface area contributed by atoms with Crippen LogP contribution in [0.3, 0.4) is 0 Å². The van der Waals surface area contributed by atoms with Crippen LogP contribution < -0.4 is 0 Å². The van der Waals surface area contributed by atoms with Gasteiger partial charge in [-0.3, -0.25) is 4.79 Å². The minimum absolute atomic E-state index is 0.403. The van der Waals surface area contributed by atoms with Gasteiger partial charge in [0.1, 0.15) is 0 Å². The molecule has 2 aromatic rings. The smallest absolute Gasteiger partial charge is 0.253 e. The second-order valence-electron chi connectivity index (χ2n) is 2.92. The summed E-state index contributed by atoms with van der Waals surface area (Å²) in [6.07, 6.45) is 0. The van der Waals surface area contributed by atoms with Gasteiger partial charge >= 0.3 is 0 Å². The van der Waals surface area contributed by atoms with Gasteiger partial charge in [-0.25, -0.2) is 0 Å². The first-order valence-corrected chi connectivity index (χ1v) is 5.53. The Labute approximate surface area is 100 Å². The lowest BCUT2D eigenvalue weighted by molar-refractivity contribution is 0.108. The zero-order valence-electron chi connectivity index (χ0n) is 7.13. The summed E-state index contributed by atoms with van der Waals surface area (Å²) < 4.78 is 0.917. The van der Waals surface area contributed by atoms with Crippen molar-refractivity contribution in [3.8, 4) is 0 Å². The van der Waals surface area contributed by atoms with Crippen LogP contribution in [0.1, 0.15) is 10.4 Å². The maximum Gasteiger partial charge on any atom is 0.253 e. The molecule has 0 saturated heterocycles. The molecular formula is C11H6ClIO. The molecule has 0 spiro atoms. The van der Waals surface area contributed by atoms with Crippen LogP contribution in [0.2, 0.25) is 0 Å². The summed E-state index contributed by atoms with van der Waals surface area (Å²) in [6, 6.07) is 11.6. The molecule has 0 aromatic heterocycles. The highest BCUT2D eigenvalue weighted by Crippen LogP contribution is 2.24. The molecule has 2 rings (SSSR count). The lowest BCUT2D eigenvalue weighted by Crippen LogP contribution is -1.93. The van der Waals surface area contributed by atoms with E-state index in [-0.39, 0.29) is 0 Å². The second-order valence-corrected chi connectivity index (χ2v) is 4.34. The summed E-state index contributed by atoms with van der Waals surface area (Å²) in [5, 5.41) is 1.79. The van der Waals surface area contributed by atoms with Gasteiger partial charge in [0.15, 0.2) is 0 Å². The van der Waals surface area contributed by atoms with E-state index in [4.69, 9.17) is 11.6 Å². The zero-order chi connectivity index (χ0) is 10.1. The van der Waals surface area contributed by atoms with Gasteiger partial charge in [-0.05, 0) is 51.0 Å². The molecule has 0 radical (unpaired) electrons. The Balaban J connectivity index is 2.81. The fourth-order valence-corrected chi connectivity index (χ4v) is 2.62. The van der Waals surface area contributed by atoms with Crippen LogP contribution in [-0.4, -0.2) is 5.24 Å². The number of hydrogen-bond donors (Lipinski definition) is 0. The first-order valence-electron chi connectivity index (χ1n) is 4.07. The fourth-order valence-electron chi connectivity index (χ4n) is 1.39. The number of carbonyl (C=O) groups excluding carboxylic acids is 1. The molecule has 1 nitrogen and oxygen atoms in total. The molecule has 0 saturated carbocycles. The highest BCUT2D eigenvalue weighted by atomic mass is 127. The zero-order valence-corrected chi connectivity index (χ0v) is 10.0. The topological polar surface area (TPSA) is 17.1 Å². The normalized spacial score (nSPS) is 10.4. The first-order chi connectivity index (χ1) is 6.70. The molecule has 0 amide bonds. The van der Waals surface area contributed by atoms with Crippen LogP contribution in [0, 0.1) is 3.57 Å². The Hall–Kier alpha value is -0.610. The molecule has 3 heteroatoms. The van der Waals surface area contributed by atoms with Crippen molar-refractivity contribution in [3.05, 3.63) is 45.5 Å². The van der Waals surface area contributed by atoms with Gasteiger partial charge < -0.3 is 0 Å². The average molecular weight is 317 g/mol. The van der Waals surface area contributed by atoms with Crippen LogP contribution in [0.4, 0.5) is 0 Å². The minimum atomic E-state index is -0.403. The maximum absolute atomic E-state index is 11.1. The maximum atomic E-state index is 11.1. The fraction of sp³-hybridized carbons (Fsp3) is 0. The molecule has 0 atom stereocenters. The molecule has 0 aliphatic rings. The Kier molecular flexibility index (Phi) is 2.74. The SMILES string of the molecule is O=C(Cl)c1ccc2ccccc2c1I. The van der Waals surface area contributed by atoms with E-state index in [0.717, 1.165) is 14.3 Å². The van der Waals surface area contributed by atoms with E-state index in [1.165, 1.54) is 0 Å². The summed E-state index contributed by atoms with van der Waals surface area (Å²) in [4.78, 5) is 11.1. The van der Waals surface area contributed by atoms with Gasteiger partial charge in [0.25, 0.3) is 5.24 Å². The molecule has 14 heavy (non-hydrogen) atoms. The van der Waals surface area contributed by atoms with Crippen molar-refractivity contribution < 1.29 is 4.79 Å². The molecule has 0 fully saturated rings. The van der Waals surface area contributed by atoms with Crippen LogP contribution in [0.25, 0.3) is 10.8 Å². The van der Waals surface area contributed by atoms with E-state index in [9.17, 15) is 4.79 Å². The number of carbonyl (C=O) groups is 1. The number of halogens is 2. The Morgan fingerprint density at radius 1 is 1.14 bits per heavy atom. The predicted molar refractivity (Wildman–Crippen MR) is 66.8 cm³/mol. The summed E-state index contributed by atoms with van der Waals surface area (Å²) in [5.41, 5.74) is 0.575. The van der Waals surface area contributed by atoms with E-state index >= 15 is 0 Å². The van der Waals surface area contributed by atoms with Crippen molar-refractivity contribution in [2.45, 2.75) is 0 Å². The van der Waals surface area contributed by atoms with Crippen LogP contribution in [0.5, 0.6) is 0 Å². The standard InChI is InChI=1S/C11H6ClIO/c12-11(14)9-6-5-7-3-1-2-4-8(7)10(9)13/h1-6H. The Morgan fingerprint density at radius 3 is 2.57 bits per heavy atom. The summed E-state index contributed by atoms with van der Waals surface area (Å²) in [5.74, 6) is 0. The van der Waals surface area contributed by atoms with Crippen molar-refractivity contribution >= 4 is 50.2 Å². The van der Waals surface area contributed by atoms with Crippen molar-refractivity contribution in [1.29, 1.82) is 0 Å². The van der Waals surface area contributed by atoms with Crippen molar-refractivity contribution in [1.82, 2.24) is 0 Å². The number of rotatable bonds is 1. The molecule has 0 N–H and O–H groups in total. The third kappa shape index (κ3) is 1.64. The van der Waals surface area contributed by atoms with Crippen molar-refractivity contribution in [2.75, 3.05) is 0 Å². The lowest BCUT2D eigenvalue weighted by Gasteiger charge is -2.03. The van der Waals surface area contributed by atoms with E-state index in [1.807, 2.05) is 30.3 Å². The molecule has 0 unspecified atom stereocenters. The second kappa shape index (κ2) is 3.87. The summed E-state index contributed by atoms with van der Waals surface area (Å²) in [6.45, 7) is 0. The summed E-state index contributed by atoms with van der Waals surface area (Å²) in [7, 11) is 0. The molecule has 0 aliphatic heterocycles. The van der Waals surface area contributed by atoms with Gasteiger partial charge in [-0.2, -0.15) is 0 Å². The summed E-state index contributed by atoms with van der Waals surface area (Å²) >= 11 is 7.61. The number of fused-ring (bicyclic) bond motifs is 1. The van der Waals surface area contributed by atoms with Gasteiger partial charge in [0.2, 0.25) is 0 Å². The highest BCUT2D eigenvalue weighted by Gasteiger charge is 2.09. The van der Waals surface area contributed by atoms with Gasteiger partial charge in [-0.15, -0.1) is 0 Å². The lowest BCUT2D eigenvalue weighted by atomic mass is 10.1. The molecule has 2 aromatic carbocycles. The first kappa shape index (κ1) is 9.93. The van der Waals surface area contributed by atoms with E-state index in [0.29, 0.717) is 5.56 Å². The van der Waals surface area contributed by atoms with E-state index < -0.39 is 5.24 Å². The monoisotopic (exact) mass is 316 g/mol. The van der Waals surface area contributed by atoms with Gasteiger partial charge in [-0.1, -0.05) is 30.3 Å². The van der Waals surface area contributed by atoms with Crippen LogP contribution >= 0.6 is 34.2 Å². The van der Waals surface area contributed by atoms with Gasteiger partial charge in [0.05, 0.1) is 0 Å². The van der Waals surface area contributed by atoms with E-state index in [1.54, 1.807) is 6.07 Å². The number of hydrogen-bond acceptors (Lipinski definition) is 1.